The summed E-state index contributed by atoms with van der Waals surface area (Å²) in [7, 11) is 1.61. The molecule has 7 heteroatoms. The van der Waals surface area contributed by atoms with Crippen LogP contribution >= 0.6 is 0 Å². The van der Waals surface area contributed by atoms with Crippen LogP contribution in [0.4, 0.5) is 17.2 Å². The van der Waals surface area contributed by atoms with Crippen molar-refractivity contribution in [3.8, 4) is 5.75 Å². The van der Waals surface area contributed by atoms with E-state index in [4.69, 9.17) is 9.47 Å². The van der Waals surface area contributed by atoms with Crippen molar-refractivity contribution in [3.63, 3.8) is 0 Å². The second-order valence-corrected chi connectivity index (χ2v) is 6.01. The van der Waals surface area contributed by atoms with E-state index in [1.54, 1.807) is 50.4 Å². The van der Waals surface area contributed by atoms with Crippen molar-refractivity contribution in [1.82, 2.24) is 4.98 Å². The largest absolute Gasteiger partial charge is 0.497 e. The van der Waals surface area contributed by atoms with Crippen molar-refractivity contribution < 1.29 is 19.1 Å². The second-order valence-electron chi connectivity index (χ2n) is 6.01. The van der Waals surface area contributed by atoms with Gasteiger partial charge in [-0.15, -0.1) is 0 Å². The van der Waals surface area contributed by atoms with Gasteiger partial charge >= 0.3 is 5.97 Å². The molecule has 1 aromatic heterocycles. The van der Waals surface area contributed by atoms with Crippen LogP contribution in [-0.2, 0) is 4.74 Å². The Labute approximate surface area is 168 Å². The maximum atomic E-state index is 12.5. The number of nitrogens with zero attached hydrogens (tertiary/aromatic N) is 1. The van der Waals surface area contributed by atoms with Crippen LogP contribution < -0.4 is 15.4 Å². The van der Waals surface area contributed by atoms with Gasteiger partial charge in [-0.05, 0) is 55.5 Å². The van der Waals surface area contributed by atoms with E-state index in [0.29, 0.717) is 22.6 Å². The number of pyridine rings is 1. The van der Waals surface area contributed by atoms with Gasteiger partial charge < -0.3 is 20.1 Å². The number of aromatic nitrogens is 1. The van der Waals surface area contributed by atoms with Gasteiger partial charge in [-0.1, -0.05) is 12.1 Å². The number of methoxy groups -OCH3 is 1. The maximum absolute atomic E-state index is 12.5. The molecule has 0 radical (unpaired) electrons. The van der Waals surface area contributed by atoms with Crippen LogP contribution in [0.2, 0.25) is 0 Å². The quantitative estimate of drug-likeness (QED) is 0.585. The predicted molar refractivity (Wildman–Crippen MR) is 111 cm³/mol. The Morgan fingerprint density at radius 1 is 1.00 bits per heavy atom. The number of carbonyl (C=O) groups excluding carboxylic acids is 2. The molecule has 0 atom stereocenters. The Morgan fingerprint density at radius 3 is 2.41 bits per heavy atom. The Morgan fingerprint density at radius 2 is 1.76 bits per heavy atom. The number of rotatable bonds is 7. The zero-order valence-corrected chi connectivity index (χ0v) is 16.1. The first-order chi connectivity index (χ1) is 14.1. The van der Waals surface area contributed by atoms with E-state index < -0.39 is 5.97 Å². The van der Waals surface area contributed by atoms with E-state index in [0.717, 1.165) is 11.4 Å². The summed E-state index contributed by atoms with van der Waals surface area (Å²) in [5.41, 5.74) is 1.90. The summed E-state index contributed by atoms with van der Waals surface area (Å²) >= 11 is 0. The fourth-order valence-corrected chi connectivity index (χ4v) is 2.60. The molecule has 0 saturated heterocycles. The summed E-state index contributed by atoms with van der Waals surface area (Å²) in [4.78, 5) is 28.9. The standard InChI is InChI=1S/C22H21N3O4/c1-3-29-22(27)18-6-4-5-7-19(18)25-21(26)15-8-13-20(23-14-15)24-16-9-11-17(28-2)12-10-16/h4-14H,3H2,1-2H3,(H,23,24)(H,25,26). The van der Waals surface area contributed by atoms with Gasteiger partial charge in [0.25, 0.3) is 5.91 Å². The molecule has 0 unspecified atom stereocenters. The van der Waals surface area contributed by atoms with Crippen LogP contribution in [0.15, 0.2) is 66.9 Å². The first kappa shape index (κ1) is 19.9. The molecule has 7 nitrogen and oxygen atoms in total. The van der Waals surface area contributed by atoms with E-state index >= 15 is 0 Å². The summed E-state index contributed by atoms with van der Waals surface area (Å²) in [5, 5.41) is 5.88. The van der Waals surface area contributed by atoms with E-state index in [2.05, 4.69) is 15.6 Å². The minimum Gasteiger partial charge on any atom is -0.497 e. The van der Waals surface area contributed by atoms with Crippen LogP contribution in [0, 0.1) is 0 Å². The van der Waals surface area contributed by atoms with Gasteiger partial charge in [0.2, 0.25) is 0 Å². The van der Waals surface area contributed by atoms with Crippen LogP contribution in [0.3, 0.4) is 0 Å². The first-order valence-corrected chi connectivity index (χ1v) is 9.05. The van der Waals surface area contributed by atoms with Gasteiger partial charge in [-0.3, -0.25) is 4.79 Å². The topological polar surface area (TPSA) is 89.5 Å². The third-order valence-electron chi connectivity index (χ3n) is 4.06. The molecule has 0 bridgehead atoms. The lowest BCUT2D eigenvalue weighted by Gasteiger charge is -2.11. The molecular formula is C22H21N3O4. The molecule has 3 rings (SSSR count). The van der Waals surface area contributed by atoms with E-state index in [1.807, 2.05) is 24.3 Å². The Balaban J connectivity index is 1.68. The highest BCUT2D eigenvalue weighted by atomic mass is 16.5. The van der Waals surface area contributed by atoms with Crippen LogP contribution in [0.5, 0.6) is 5.75 Å². The van der Waals surface area contributed by atoms with Crippen LogP contribution in [0.1, 0.15) is 27.6 Å². The van der Waals surface area contributed by atoms with Crippen LogP contribution in [-0.4, -0.2) is 30.6 Å². The third-order valence-corrected chi connectivity index (χ3v) is 4.06. The molecule has 0 saturated carbocycles. The Bertz CT molecular complexity index is 986. The zero-order chi connectivity index (χ0) is 20.6. The highest BCUT2D eigenvalue weighted by molar-refractivity contribution is 6.07. The van der Waals surface area contributed by atoms with Gasteiger partial charge in [-0.25, -0.2) is 9.78 Å². The molecule has 2 aromatic carbocycles. The van der Waals surface area contributed by atoms with Crippen molar-refractivity contribution in [3.05, 3.63) is 78.0 Å². The summed E-state index contributed by atoms with van der Waals surface area (Å²) in [6.07, 6.45) is 1.47. The fraction of sp³-hybridized carbons (Fsp3) is 0.136. The minimum atomic E-state index is -0.486. The summed E-state index contributed by atoms with van der Waals surface area (Å²) in [6.45, 7) is 1.99. The number of esters is 1. The SMILES string of the molecule is CCOC(=O)c1ccccc1NC(=O)c1ccc(Nc2ccc(OC)cc2)nc1. The number of benzene rings is 2. The van der Waals surface area contributed by atoms with Crippen LogP contribution in [0.25, 0.3) is 0 Å². The molecule has 0 aliphatic carbocycles. The Kier molecular flexibility index (Phi) is 6.42. The predicted octanol–water partition coefficient (Wildman–Crippen LogP) is 4.26. The van der Waals surface area contributed by atoms with E-state index in [-0.39, 0.29) is 12.5 Å². The zero-order valence-electron chi connectivity index (χ0n) is 16.1. The molecule has 29 heavy (non-hydrogen) atoms. The second kappa shape index (κ2) is 9.36. The van der Waals surface area contributed by atoms with E-state index in [1.165, 1.54) is 6.20 Å². The molecule has 148 valence electrons. The molecular weight excluding hydrogens is 370 g/mol. The average Bonchev–Trinajstić information content (AvgIpc) is 2.75. The average molecular weight is 391 g/mol. The number of carbonyl (C=O) groups is 2. The number of anilines is 3. The minimum absolute atomic E-state index is 0.258. The number of ether oxygens (including phenoxy) is 2. The highest BCUT2D eigenvalue weighted by Crippen LogP contribution is 2.20. The lowest BCUT2D eigenvalue weighted by atomic mass is 10.1. The number of nitrogens with one attached hydrogen (secondary N) is 2. The van der Waals surface area contributed by atoms with E-state index in [9.17, 15) is 9.59 Å². The first-order valence-electron chi connectivity index (χ1n) is 9.05. The Hall–Kier alpha value is -3.87. The number of amides is 1. The van der Waals surface area contributed by atoms with Crippen molar-refractivity contribution in [2.45, 2.75) is 6.92 Å². The van der Waals surface area contributed by atoms with Crippen molar-refractivity contribution in [2.24, 2.45) is 0 Å². The molecule has 1 heterocycles. The third kappa shape index (κ3) is 5.10. The molecule has 0 aliphatic rings. The number of hydrogen-bond donors (Lipinski definition) is 2. The molecule has 0 spiro atoms. The summed E-state index contributed by atoms with van der Waals surface area (Å²) in [5.74, 6) is 0.503. The van der Waals surface area contributed by atoms with Crippen molar-refractivity contribution in [2.75, 3.05) is 24.4 Å². The highest BCUT2D eigenvalue weighted by Gasteiger charge is 2.15. The monoisotopic (exact) mass is 391 g/mol. The molecule has 3 aromatic rings. The molecule has 2 N–H and O–H groups in total. The maximum Gasteiger partial charge on any atom is 0.340 e. The lowest BCUT2D eigenvalue weighted by molar-refractivity contribution is 0.0527. The lowest BCUT2D eigenvalue weighted by Crippen LogP contribution is -2.16. The summed E-state index contributed by atoms with van der Waals surface area (Å²) in [6, 6.07) is 17.5. The molecule has 0 aliphatic heterocycles. The van der Waals surface area contributed by atoms with Gasteiger partial charge in [0.05, 0.1) is 30.5 Å². The van der Waals surface area contributed by atoms with Crippen molar-refractivity contribution >= 4 is 29.1 Å². The molecule has 0 fully saturated rings. The van der Waals surface area contributed by atoms with Gasteiger partial charge in [0.1, 0.15) is 11.6 Å². The number of hydrogen-bond acceptors (Lipinski definition) is 6. The fourth-order valence-electron chi connectivity index (χ4n) is 2.60. The summed E-state index contributed by atoms with van der Waals surface area (Å²) < 4.78 is 10.2. The molecule has 1 amide bonds. The van der Waals surface area contributed by atoms with Gasteiger partial charge in [-0.2, -0.15) is 0 Å². The van der Waals surface area contributed by atoms with Gasteiger partial charge in [0, 0.05) is 11.9 Å². The van der Waals surface area contributed by atoms with Crippen molar-refractivity contribution in [1.29, 1.82) is 0 Å². The van der Waals surface area contributed by atoms with Gasteiger partial charge in [0.15, 0.2) is 0 Å². The smallest absolute Gasteiger partial charge is 0.340 e. The normalized spacial score (nSPS) is 10.1. The number of para-hydroxylation sites is 1.